The third kappa shape index (κ3) is 3.00. The Morgan fingerprint density at radius 2 is 1.94 bits per heavy atom. The van der Waals surface area contributed by atoms with Gasteiger partial charge in [-0.3, -0.25) is 0 Å². The Kier molecular flexibility index (Phi) is 3.90. The summed E-state index contributed by atoms with van der Waals surface area (Å²) in [5.41, 5.74) is 1.05. The van der Waals surface area contributed by atoms with E-state index in [9.17, 15) is 0 Å². The van der Waals surface area contributed by atoms with Gasteiger partial charge in [0.25, 0.3) is 0 Å². The van der Waals surface area contributed by atoms with Crippen LogP contribution in [0.5, 0.6) is 0 Å². The van der Waals surface area contributed by atoms with Crippen LogP contribution in [0.4, 0.5) is 0 Å². The van der Waals surface area contributed by atoms with Crippen molar-refractivity contribution >= 4 is 39.1 Å². The number of alkyl halides is 1. The van der Waals surface area contributed by atoms with Gasteiger partial charge in [0, 0.05) is 33.7 Å². The molecule has 0 radical (unpaired) electrons. The van der Waals surface area contributed by atoms with Crippen molar-refractivity contribution in [3.8, 4) is 0 Å². The van der Waals surface area contributed by atoms with E-state index in [2.05, 4.69) is 25.9 Å². The van der Waals surface area contributed by atoms with Crippen molar-refractivity contribution in [3.63, 3.8) is 0 Å². The molecule has 2 rings (SSSR count). The largest absolute Gasteiger partial charge is 0.349 e. The Hall–Kier alpha value is -0.510. The van der Waals surface area contributed by atoms with Crippen LogP contribution in [0.2, 0.25) is 10.0 Å². The molecule has 1 aromatic heterocycles. The Morgan fingerprint density at radius 3 is 2.50 bits per heavy atom. The first-order chi connectivity index (χ1) is 7.65. The molecule has 0 aliphatic rings. The zero-order valence-electron chi connectivity index (χ0n) is 8.25. The molecule has 0 saturated heterocycles. The van der Waals surface area contributed by atoms with Gasteiger partial charge in [-0.2, -0.15) is 0 Å². The number of H-pyrrole nitrogens is 1. The van der Waals surface area contributed by atoms with E-state index >= 15 is 0 Å². The first-order valence-electron chi connectivity index (χ1n) is 4.73. The number of aromatic amines is 1. The van der Waals surface area contributed by atoms with Crippen LogP contribution in [0.25, 0.3) is 0 Å². The standard InChI is InChI=1S/C11H9BrCl2N2/c12-10(6-11-15-1-2-16-11)7-3-8(13)5-9(14)4-7/h1-5,10H,6H2,(H,15,16). The molecule has 0 amide bonds. The smallest absolute Gasteiger partial charge is 0.107 e. The molecule has 1 unspecified atom stereocenters. The molecule has 0 fully saturated rings. The van der Waals surface area contributed by atoms with Gasteiger partial charge in [-0.1, -0.05) is 39.1 Å². The zero-order valence-corrected chi connectivity index (χ0v) is 11.4. The van der Waals surface area contributed by atoms with Crippen LogP contribution in [0.3, 0.4) is 0 Å². The third-order valence-electron chi connectivity index (χ3n) is 2.17. The van der Waals surface area contributed by atoms with Crippen molar-refractivity contribution in [2.75, 3.05) is 0 Å². The summed E-state index contributed by atoms with van der Waals surface area (Å²) in [6, 6.07) is 5.52. The molecule has 0 bridgehead atoms. The summed E-state index contributed by atoms with van der Waals surface area (Å²) in [6.45, 7) is 0. The van der Waals surface area contributed by atoms with Crippen molar-refractivity contribution in [1.82, 2.24) is 9.97 Å². The average Bonchev–Trinajstić information content (AvgIpc) is 2.68. The molecule has 1 aromatic carbocycles. The zero-order chi connectivity index (χ0) is 11.5. The molecule has 5 heteroatoms. The molecular formula is C11H9BrCl2N2. The number of rotatable bonds is 3. The number of hydrogen-bond donors (Lipinski definition) is 1. The number of hydrogen-bond acceptors (Lipinski definition) is 1. The lowest BCUT2D eigenvalue weighted by atomic mass is 10.1. The van der Waals surface area contributed by atoms with Gasteiger partial charge in [0.05, 0.1) is 0 Å². The highest BCUT2D eigenvalue weighted by atomic mass is 79.9. The number of imidazole rings is 1. The average molecular weight is 320 g/mol. The minimum Gasteiger partial charge on any atom is -0.349 e. The van der Waals surface area contributed by atoms with Crippen molar-refractivity contribution in [1.29, 1.82) is 0 Å². The van der Waals surface area contributed by atoms with Crippen LogP contribution in [0.15, 0.2) is 30.6 Å². The molecule has 1 heterocycles. The van der Waals surface area contributed by atoms with E-state index in [1.165, 1.54) is 0 Å². The third-order valence-corrected chi connectivity index (χ3v) is 3.46. The molecule has 16 heavy (non-hydrogen) atoms. The SMILES string of the molecule is Clc1cc(Cl)cc(C(Br)Cc2ncc[nH]2)c1. The number of benzene rings is 1. The summed E-state index contributed by atoms with van der Waals surface area (Å²) < 4.78 is 0. The topological polar surface area (TPSA) is 28.7 Å². The maximum atomic E-state index is 5.95. The quantitative estimate of drug-likeness (QED) is 0.835. The molecule has 2 nitrogen and oxygen atoms in total. The minimum absolute atomic E-state index is 0.148. The van der Waals surface area contributed by atoms with Gasteiger partial charge in [0.1, 0.15) is 5.82 Å². The molecule has 0 spiro atoms. The summed E-state index contributed by atoms with van der Waals surface area (Å²) in [5, 5.41) is 1.29. The summed E-state index contributed by atoms with van der Waals surface area (Å²) >= 11 is 15.5. The monoisotopic (exact) mass is 318 g/mol. The van der Waals surface area contributed by atoms with Gasteiger partial charge in [-0.25, -0.2) is 4.98 Å². The fourth-order valence-corrected chi connectivity index (χ4v) is 2.57. The van der Waals surface area contributed by atoms with Gasteiger partial charge in [-0.05, 0) is 23.8 Å². The van der Waals surface area contributed by atoms with Crippen LogP contribution in [-0.2, 0) is 6.42 Å². The summed E-state index contributed by atoms with van der Waals surface area (Å²) in [4.78, 5) is 7.38. The second kappa shape index (κ2) is 5.21. The van der Waals surface area contributed by atoms with E-state index in [0.717, 1.165) is 17.8 Å². The highest BCUT2D eigenvalue weighted by Crippen LogP contribution is 2.30. The van der Waals surface area contributed by atoms with Crippen LogP contribution in [0.1, 0.15) is 16.2 Å². The summed E-state index contributed by atoms with van der Waals surface area (Å²) in [5.74, 6) is 0.929. The molecule has 0 aliphatic heterocycles. The van der Waals surface area contributed by atoms with E-state index in [1.807, 2.05) is 12.1 Å². The molecule has 2 aromatic rings. The maximum absolute atomic E-state index is 5.95. The lowest BCUT2D eigenvalue weighted by Gasteiger charge is -2.09. The summed E-state index contributed by atoms with van der Waals surface area (Å²) in [7, 11) is 0. The number of nitrogens with zero attached hydrogens (tertiary/aromatic N) is 1. The summed E-state index contributed by atoms with van der Waals surface area (Å²) in [6.07, 6.45) is 4.31. The first kappa shape index (κ1) is 12.0. The Balaban J connectivity index is 2.17. The highest BCUT2D eigenvalue weighted by molar-refractivity contribution is 9.09. The normalized spacial score (nSPS) is 12.7. The fourth-order valence-electron chi connectivity index (χ4n) is 1.45. The van der Waals surface area contributed by atoms with E-state index in [-0.39, 0.29) is 4.83 Å². The van der Waals surface area contributed by atoms with Gasteiger partial charge < -0.3 is 4.98 Å². The minimum atomic E-state index is 0.148. The van der Waals surface area contributed by atoms with Crippen molar-refractivity contribution in [2.45, 2.75) is 11.2 Å². The Bertz CT molecular complexity index is 451. The van der Waals surface area contributed by atoms with Crippen LogP contribution >= 0.6 is 39.1 Å². The van der Waals surface area contributed by atoms with Crippen molar-refractivity contribution in [3.05, 3.63) is 52.0 Å². The van der Waals surface area contributed by atoms with E-state index in [4.69, 9.17) is 23.2 Å². The predicted molar refractivity (Wildman–Crippen MR) is 70.4 cm³/mol. The predicted octanol–water partition coefficient (Wildman–Crippen LogP) is 4.40. The lowest BCUT2D eigenvalue weighted by Crippen LogP contribution is -1.97. The van der Waals surface area contributed by atoms with Gasteiger partial charge >= 0.3 is 0 Å². The van der Waals surface area contributed by atoms with Crippen molar-refractivity contribution in [2.24, 2.45) is 0 Å². The first-order valence-corrected chi connectivity index (χ1v) is 6.40. The van der Waals surface area contributed by atoms with E-state index in [1.54, 1.807) is 18.5 Å². The Labute approximate surface area is 112 Å². The lowest BCUT2D eigenvalue weighted by molar-refractivity contribution is 0.876. The van der Waals surface area contributed by atoms with Gasteiger partial charge in [0.2, 0.25) is 0 Å². The maximum Gasteiger partial charge on any atom is 0.107 e. The number of halogens is 3. The highest BCUT2D eigenvalue weighted by Gasteiger charge is 2.11. The van der Waals surface area contributed by atoms with E-state index in [0.29, 0.717) is 10.0 Å². The molecule has 84 valence electrons. The molecular weight excluding hydrogens is 311 g/mol. The number of aromatic nitrogens is 2. The number of nitrogens with one attached hydrogen (secondary N) is 1. The fraction of sp³-hybridized carbons (Fsp3) is 0.182. The second-order valence-electron chi connectivity index (χ2n) is 3.41. The van der Waals surface area contributed by atoms with Crippen molar-refractivity contribution < 1.29 is 0 Å². The van der Waals surface area contributed by atoms with Crippen LogP contribution < -0.4 is 0 Å². The molecule has 0 saturated carbocycles. The van der Waals surface area contributed by atoms with Crippen LogP contribution in [-0.4, -0.2) is 9.97 Å². The second-order valence-corrected chi connectivity index (χ2v) is 5.39. The van der Waals surface area contributed by atoms with Crippen LogP contribution in [0, 0.1) is 0 Å². The van der Waals surface area contributed by atoms with E-state index < -0.39 is 0 Å². The molecule has 1 atom stereocenters. The Morgan fingerprint density at radius 1 is 1.25 bits per heavy atom. The molecule has 0 aliphatic carbocycles. The molecule has 1 N–H and O–H groups in total. The van der Waals surface area contributed by atoms with Gasteiger partial charge in [0.15, 0.2) is 0 Å². The van der Waals surface area contributed by atoms with Gasteiger partial charge in [-0.15, -0.1) is 0 Å².